The maximum atomic E-state index is 11.1. The molecule has 3 aliphatic rings. The first-order valence-electron chi connectivity index (χ1n) is 8.98. The molecule has 2 saturated heterocycles. The van der Waals surface area contributed by atoms with Crippen LogP contribution in [0.5, 0.6) is 0 Å². The highest BCUT2D eigenvalue weighted by molar-refractivity contribution is 5.27. The Morgan fingerprint density at radius 1 is 1.21 bits per heavy atom. The quantitative estimate of drug-likeness (QED) is 0.669. The first-order chi connectivity index (χ1) is 11.2. The standard InChI is InChI=1S/C20H30O4/c1-13-5-6-17(21)19(4)9-8-16(24-19)14(2)7-10-20(22)15(3)12-23-18(20)11-13/h11,16-18,21-22H,2-3,5-10,12H2,1,4H3/b13-11+/t16-,17+,18-,19-,20+/m0/s1. The summed E-state index contributed by atoms with van der Waals surface area (Å²) >= 11 is 0. The fraction of sp³-hybridized carbons (Fsp3) is 0.700. The van der Waals surface area contributed by atoms with Crippen molar-refractivity contribution in [2.75, 3.05) is 6.61 Å². The van der Waals surface area contributed by atoms with Gasteiger partial charge in [-0.2, -0.15) is 0 Å². The third-order valence-electron chi connectivity index (χ3n) is 6.07. The minimum absolute atomic E-state index is 0.0444. The van der Waals surface area contributed by atoms with Gasteiger partial charge in [-0.25, -0.2) is 0 Å². The summed E-state index contributed by atoms with van der Waals surface area (Å²) in [6.45, 7) is 12.6. The van der Waals surface area contributed by atoms with Crippen molar-refractivity contribution in [2.45, 2.75) is 81.9 Å². The smallest absolute Gasteiger partial charge is 0.118 e. The van der Waals surface area contributed by atoms with Gasteiger partial charge in [-0.3, -0.25) is 0 Å². The van der Waals surface area contributed by atoms with E-state index in [1.165, 1.54) is 0 Å². The zero-order chi connectivity index (χ0) is 17.5. The number of fused-ring (bicyclic) bond motifs is 3. The zero-order valence-corrected chi connectivity index (χ0v) is 14.9. The van der Waals surface area contributed by atoms with Gasteiger partial charge in [0.2, 0.25) is 0 Å². The topological polar surface area (TPSA) is 58.9 Å². The molecule has 0 unspecified atom stereocenters. The average molecular weight is 334 g/mol. The number of hydrogen-bond acceptors (Lipinski definition) is 4. The molecule has 4 heteroatoms. The molecule has 0 radical (unpaired) electrons. The molecule has 0 amide bonds. The molecule has 3 heterocycles. The molecule has 2 bridgehead atoms. The molecule has 0 aliphatic carbocycles. The van der Waals surface area contributed by atoms with Crippen molar-refractivity contribution in [3.8, 4) is 0 Å². The molecule has 3 aliphatic heterocycles. The van der Waals surface area contributed by atoms with Crippen LogP contribution in [0.4, 0.5) is 0 Å². The number of aliphatic hydroxyl groups is 2. The van der Waals surface area contributed by atoms with Gasteiger partial charge in [0.25, 0.3) is 0 Å². The highest BCUT2D eigenvalue weighted by Crippen LogP contribution is 2.41. The van der Waals surface area contributed by atoms with E-state index < -0.39 is 17.3 Å². The Morgan fingerprint density at radius 2 is 1.96 bits per heavy atom. The predicted octanol–water partition coefficient (Wildman–Crippen LogP) is 3.05. The second-order valence-electron chi connectivity index (χ2n) is 7.94. The van der Waals surface area contributed by atoms with Gasteiger partial charge in [0.05, 0.1) is 24.4 Å². The first kappa shape index (κ1) is 17.9. The van der Waals surface area contributed by atoms with Crippen LogP contribution in [0.2, 0.25) is 0 Å². The summed E-state index contributed by atoms with van der Waals surface area (Å²) in [6.07, 6.45) is 5.39. The normalized spacial score (nSPS) is 46.5. The minimum atomic E-state index is -1.04. The van der Waals surface area contributed by atoms with Crippen LogP contribution in [0.3, 0.4) is 0 Å². The summed E-state index contributed by atoms with van der Waals surface area (Å²) in [4.78, 5) is 0. The molecular weight excluding hydrogens is 304 g/mol. The van der Waals surface area contributed by atoms with E-state index in [2.05, 4.69) is 13.2 Å². The summed E-state index contributed by atoms with van der Waals surface area (Å²) in [5.74, 6) is 0. The Kier molecular flexibility index (Phi) is 4.77. The van der Waals surface area contributed by atoms with E-state index >= 15 is 0 Å². The third-order valence-corrected chi connectivity index (χ3v) is 6.07. The second-order valence-corrected chi connectivity index (χ2v) is 7.94. The maximum absolute atomic E-state index is 11.1. The van der Waals surface area contributed by atoms with Crippen LogP contribution in [0, 0.1) is 0 Å². The Hall–Kier alpha value is -0.940. The van der Waals surface area contributed by atoms with E-state index in [1.54, 1.807) is 0 Å². The van der Waals surface area contributed by atoms with Gasteiger partial charge >= 0.3 is 0 Å². The maximum Gasteiger partial charge on any atom is 0.118 e. The van der Waals surface area contributed by atoms with Crippen LogP contribution in [-0.2, 0) is 9.47 Å². The van der Waals surface area contributed by atoms with Gasteiger partial charge in [-0.05, 0) is 63.5 Å². The van der Waals surface area contributed by atoms with Crippen LogP contribution in [0.15, 0.2) is 36.0 Å². The van der Waals surface area contributed by atoms with Crippen molar-refractivity contribution in [2.24, 2.45) is 0 Å². The van der Waals surface area contributed by atoms with Crippen molar-refractivity contribution in [1.29, 1.82) is 0 Å². The average Bonchev–Trinajstić information content (AvgIpc) is 3.07. The highest BCUT2D eigenvalue weighted by atomic mass is 16.5. The molecule has 4 nitrogen and oxygen atoms in total. The van der Waals surface area contributed by atoms with E-state index in [-0.39, 0.29) is 12.2 Å². The third kappa shape index (κ3) is 3.13. The van der Waals surface area contributed by atoms with E-state index in [1.807, 2.05) is 19.9 Å². The molecule has 0 aromatic heterocycles. The predicted molar refractivity (Wildman–Crippen MR) is 93.7 cm³/mol. The number of ether oxygens (including phenoxy) is 2. The molecule has 134 valence electrons. The van der Waals surface area contributed by atoms with Crippen molar-refractivity contribution >= 4 is 0 Å². The summed E-state index contributed by atoms with van der Waals surface area (Å²) in [5.41, 5.74) is 1.28. The lowest BCUT2D eigenvalue weighted by Gasteiger charge is -2.31. The summed E-state index contributed by atoms with van der Waals surface area (Å²) < 4.78 is 12.0. The van der Waals surface area contributed by atoms with Crippen molar-refractivity contribution in [3.05, 3.63) is 36.0 Å². The number of hydrogen-bond donors (Lipinski definition) is 2. The van der Waals surface area contributed by atoms with E-state index in [0.29, 0.717) is 25.9 Å². The summed E-state index contributed by atoms with van der Waals surface area (Å²) in [6, 6.07) is 0. The molecule has 2 fully saturated rings. The van der Waals surface area contributed by atoms with Gasteiger partial charge in [0.15, 0.2) is 0 Å². The Labute approximate surface area is 144 Å². The molecule has 3 rings (SSSR count). The van der Waals surface area contributed by atoms with Crippen LogP contribution in [0.1, 0.15) is 52.4 Å². The summed E-state index contributed by atoms with van der Waals surface area (Å²) in [7, 11) is 0. The highest BCUT2D eigenvalue weighted by Gasteiger charge is 2.46. The number of rotatable bonds is 0. The van der Waals surface area contributed by atoms with Crippen molar-refractivity contribution in [1.82, 2.24) is 0 Å². The second kappa shape index (κ2) is 6.41. The monoisotopic (exact) mass is 334 g/mol. The Bertz CT molecular complexity index is 566. The van der Waals surface area contributed by atoms with Gasteiger partial charge in [-0.1, -0.05) is 24.8 Å². The number of allylic oxidation sites excluding steroid dienone is 1. The Morgan fingerprint density at radius 3 is 2.71 bits per heavy atom. The lowest BCUT2D eigenvalue weighted by Crippen LogP contribution is -2.39. The molecule has 0 aromatic carbocycles. The van der Waals surface area contributed by atoms with Crippen molar-refractivity contribution in [3.63, 3.8) is 0 Å². The molecule has 0 saturated carbocycles. The van der Waals surface area contributed by atoms with Crippen LogP contribution in [0.25, 0.3) is 0 Å². The van der Waals surface area contributed by atoms with E-state index in [4.69, 9.17) is 9.47 Å². The fourth-order valence-electron chi connectivity index (χ4n) is 4.08. The zero-order valence-electron chi connectivity index (χ0n) is 14.9. The van der Waals surface area contributed by atoms with Gasteiger partial charge in [0.1, 0.15) is 11.7 Å². The fourth-order valence-corrected chi connectivity index (χ4v) is 4.08. The molecule has 0 spiro atoms. The van der Waals surface area contributed by atoms with Gasteiger partial charge < -0.3 is 19.7 Å². The van der Waals surface area contributed by atoms with Crippen LogP contribution in [-0.4, -0.2) is 46.3 Å². The van der Waals surface area contributed by atoms with Crippen LogP contribution >= 0.6 is 0 Å². The number of aliphatic hydroxyl groups excluding tert-OH is 1. The molecule has 24 heavy (non-hydrogen) atoms. The molecule has 5 atom stereocenters. The lowest BCUT2D eigenvalue weighted by molar-refractivity contribution is -0.0990. The molecular formula is C20H30O4. The minimum Gasteiger partial charge on any atom is -0.390 e. The molecule has 2 N–H and O–H groups in total. The SMILES string of the molecule is C=C1CC[C@@]2(O)C(=C)CO[C@H]2/C=C(\C)CC[C@@H](O)[C@]2(C)CC[C@@H]1O2. The van der Waals surface area contributed by atoms with E-state index in [9.17, 15) is 10.2 Å². The van der Waals surface area contributed by atoms with Crippen molar-refractivity contribution < 1.29 is 19.7 Å². The van der Waals surface area contributed by atoms with Gasteiger partial charge in [-0.15, -0.1) is 0 Å². The summed E-state index contributed by atoms with van der Waals surface area (Å²) in [5, 5.41) is 21.8. The lowest BCUT2D eigenvalue weighted by atomic mass is 9.83. The first-order valence-corrected chi connectivity index (χ1v) is 8.98. The van der Waals surface area contributed by atoms with E-state index in [0.717, 1.165) is 36.0 Å². The van der Waals surface area contributed by atoms with Gasteiger partial charge in [0, 0.05) is 0 Å². The largest absolute Gasteiger partial charge is 0.390 e. The Balaban J connectivity index is 1.88. The molecule has 0 aromatic rings. The van der Waals surface area contributed by atoms with Crippen LogP contribution < -0.4 is 0 Å².